The largest absolute Gasteiger partial charge is 0.508 e. The molecule has 1 aliphatic rings. The zero-order chi connectivity index (χ0) is 20.5. The number of hydrogen-bond donors (Lipinski definition) is 1. The molecule has 1 N–H and O–H groups in total. The highest BCUT2D eigenvalue weighted by Gasteiger charge is 2.30. The molecule has 29 heavy (non-hydrogen) atoms. The van der Waals surface area contributed by atoms with E-state index in [1.807, 2.05) is 18.3 Å². The summed E-state index contributed by atoms with van der Waals surface area (Å²) in [5, 5.41) is 22.7. The molecule has 0 radical (unpaired) electrons. The Morgan fingerprint density at radius 2 is 1.97 bits per heavy atom. The maximum Gasteiger partial charge on any atom is 0.269 e. The Bertz CT molecular complexity index is 1070. The van der Waals surface area contributed by atoms with Gasteiger partial charge in [0.05, 0.1) is 11.0 Å². The van der Waals surface area contributed by atoms with Crippen molar-refractivity contribution in [2.75, 3.05) is 6.54 Å². The molecule has 0 saturated carbocycles. The SMILES string of the molecule is O=[N+]([O-])c1ccc(Cl)c([C@@H]2c3cccn3CCCN2Cc2cc(Cl)ccc2O)c1. The number of hydrogen-bond acceptors (Lipinski definition) is 4. The van der Waals surface area contributed by atoms with E-state index in [4.69, 9.17) is 23.2 Å². The molecule has 1 aliphatic heterocycles. The van der Waals surface area contributed by atoms with E-state index in [0.29, 0.717) is 27.7 Å². The molecule has 0 aliphatic carbocycles. The molecule has 1 aromatic heterocycles. The van der Waals surface area contributed by atoms with Crippen molar-refractivity contribution in [3.8, 4) is 5.75 Å². The first-order valence-corrected chi connectivity index (χ1v) is 10.00. The highest BCUT2D eigenvalue weighted by molar-refractivity contribution is 6.31. The third-order valence-corrected chi connectivity index (χ3v) is 5.83. The lowest BCUT2D eigenvalue weighted by Crippen LogP contribution is -2.29. The van der Waals surface area contributed by atoms with E-state index in [0.717, 1.165) is 25.2 Å². The Hall–Kier alpha value is -2.54. The number of phenols is 1. The second-order valence-electron chi connectivity index (χ2n) is 7.09. The first kappa shape index (κ1) is 19.8. The highest BCUT2D eigenvalue weighted by Crippen LogP contribution is 2.39. The summed E-state index contributed by atoms with van der Waals surface area (Å²) in [5.41, 5.74) is 2.37. The van der Waals surface area contributed by atoms with Crippen molar-refractivity contribution in [3.05, 3.63) is 91.7 Å². The normalized spacial score (nSPS) is 17.0. The van der Waals surface area contributed by atoms with Crippen LogP contribution in [0.1, 0.15) is 29.3 Å². The van der Waals surface area contributed by atoms with Gasteiger partial charge in [-0.15, -0.1) is 0 Å². The zero-order valence-electron chi connectivity index (χ0n) is 15.5. The van der Waals surface area contributed by atoms with Gasteiger partial charge in [-0.05, 0) is 42.8 Å². The molecule has 4 rings (SSSR count). The van der Waals surface area contributed by atoms with Crippen LogP contribution < -0.4 is 0 Å². The van der Waals surface area contributed by atoms with Crippen LogP contribution in [0.3, 0.4) is 0 Å². The molecule has 0 spiro atoms. The maximum absolute atomic E-state index is 11.4. The van der Waals surface area contributed by atoms with Crippen molar-refractivity contribution in [2.24, 2.45) is 0 Å². The number of rotatable bonds is 4. The fourth-order valence-electron chi connectivity index (χ4n) is 3.92. The Balaban J connectivity index is 1.83. The van der Waals surface area contributed by atoms with Crippen LogP contribution in [-0.2, 0) is 13.1 Å². The molecule has 2 aromatic carbocycles. The lowest BCUT2D eigenvalue weighted by Gasteiger charge is -2.31. The number of aromatic nitrogens is 1. The summed E-state index contributed by atoms with van der Waals surface area (Å²) in [6, 6.07) is 13.2. The Morgan fingerprint density at radius 1 is 1.14 bits per heavy atom. The number of aromatic hydroxyl groups is 1. The molecule has 0 fully saturated rings. The van der Waals surface area contributed by atoms with Gasteiger partial charge in [-0.25, -0.2) is 0 Å². The van der Waals surface area contributed by atoms with Crippen molar-refractivity contribution in [1.82, 2.24) is 9.47 Å². The molecule has 2 heterocycles. The second-order valence-corrected chi connectivity index (χ2v) is 7.93. The number of phenolic OH excluding ortho intramolecular Hbond substituents is 1. The highest BCUT2D eigenvalue weighted by atomic mass is 35.5. The fourth-order valence-corrected chi connectivity index (χ4v) is 4.34. The lowest BCUT2D eigenvalue weighted by molar-refractivity contribution is -0.384. The van der Waals surface area contributed by atoms with Crippen LogP contribution >= 0.6 is 23.2 Å². The molecule has 150 valence electrons. The van der Waals surface area contributed by atoms with Gasteiger partial charge in [0.15, 0.2) is 0 Å². The van der Waals surface area contributed by atoms with Crippen molar-refractivity contribution >= 4 is 28.9 Å². The third kappa shape index (κ3) is 3.96. The molecule has 6 nitrogen and oxygen atoms in total. The van der Waals surface area contributed by atoms with E-state index in [-0.39, 0.29) is 17.5 Å². The van der Waals surface area contributed by atoms with E-state index in [9.17, 15) is 15.2 Å². The third-order valence-electron chi connectivity index (χ3n) is 5.25. The number of non-ortho nitro benzene ring substituents is 1. The van der Waals surface area contributed by atoms with Gasteiger partial charge >= 0.3 is 0 Å². The van der Waals surface area contributed by atoms with Crippen molar-refractivity contribution < 1.29 is 10.0 Å². The van der Waals surface area contributed by atoms with Gasteiger partial charge in [-0.2, -0.15) is 0 Å². The van der Waals surface area contributed by atoms with Crippen LogP contribution in [0.4, 0.5) is 5.69 Å². The lowest BCUT2D eigenvalue weighted by atomic mass is 10.00. The molecule has 0 saturated heterocycles. The van der Waals surface area contributed by atoms with Crippen LogP contribution in [0.5, 0.6) is 5.75 Å². The van der Waals surface area contributed by atoms with Gasteiger partial charge in [-0.3, -0.25) is 15.0 Å². The maximum atomic E-state index is 11.4. The van der Waals surface area contributed by atoms with Gasteiger partial charge in [0, 0.05) is 64.8 Å². The van der Waals surface area contributed by atoms with Gasteiger partial charge in [-0.1, -0.05) is 23.2 Å². The number of halogens is 2. The molecular weight excluding hydrogens is 413 g/mol. The first-order chi connectivity index (χ1) is 13.9. The standard InChI is InChI=1S/C21H19Cl2N3O3/c22-15-4-7-20(27)14(11-15)13-25-10-2-9-24-8-1-3-19(24)21(25)17-12-16(26(28)29)5-6-18(17)23/h1,3-8,11-12,21,27H,2,9-10,13H2/t21-/m1/s1. The van der Waals surface area contributed by atoms with Crippen LogP contribution in [0.15, 0.2) is 54.7 Å². The van der Waals surface area contributed by atoms with Crippen molar-refractivity contribution in [3.63, 3.8) is 0 Å². The minimum Gasteiger partial charge on any atom is -0.508 e. The summed E-state index contributed by atoms with van der Waals surface area (Å²) in [7, 11) is 0. The minimum atomic E-state index is -0.414. The predicted octanol–water partition coefficient (Wildman–Crippen LogP) is 5.40. The van der Waals surface area contributed by atoms with Gasteiger partial charge < -0.3 is 9.67 Å². The molecule has 1 atom stereocenters. The van der Waals surface area contributed by atoms with Crippen LogP contribution in [0.2, 0.25) is 10.0 Å². The topological polar surface area (TPSA) is 71.5 Å². The summed E-state index contributed by atoms with van der Waals surface area (Å²) in [5.74, 6) is 0.165. The number of nitro groups is 1. The number of aryl methyl sites for hydroxylation is 1. The smallest absolute Gasteiger partial charge is 0.269 e. The number of nitro benzene ring substituents is 1. The molecule has 8 heteroatoms. The van der Waals surface area contributed by atoms with E-state index >= 15 is 0 Å². The van der Waals surface area contributed by atoms with Crippen LogP contribution in [-0.4, -0.2) is 26.0 Å². The molecule has 0 amide bonds. The average Bonchev–Trinajstić information content (AvgIpc) is 3.07. The van der Waals surface area contributed by atoms with Crippen molar-refractivity contribution in [2.45, 2.75) is 25.6 Å². The Morgan fingerprint density at radius 3 is 2.76 bits per heavy atom. The van der Waals surface area contributed by atoms with E-state index in [2.05, 4.69) is 9.47 Å². The minimum absolute atomic E-state index is 0.00249. The van der Waals surface area contributed by atoms with Crippen molar-refractivity contribution in [1.29, 1.82) is 0 Å². The predicted molar refractivity (Wildman–Crippen MR) is 113 cm³/mol. The Labute approximate surface area is 178 Å². The molecule has 3 aromatic rings. The summed E-state index contributed by atoms with van der Waals surface area (Å²) < 4.78 is 2.15. The molecular formula is C21H19Cl2N3O3. The van der Waals surface area contributed by atoms with Crippen LogP contribution in [0.25, 0.3) is 0 Å². The summed E-state index contributed by atoms with van der Waals surface area (Å²) >= 11 is 12.7. The average molecular weight is 432 g/mol. The van der Waals surface area contributed by atoms with Gasteiger partial charge in [0.25, 0.3) is 5.69 Å². The quantitative estimate of drug-likeness (QED) is 0.443. The van der Waals surface area contributed by atoms with E-state index in [1.54, 1.807) is 30.3 Å². The van der Waals surface area contributed by atoms with Gasteiger partial charge in [0.1, 0.15) is 5.75 Å². The Kier molecular flexibility index (Phi) is 5.50. The first-order valence-electron chi connectivity index (χ1n) is 9.24. The summed E-state index contributed by atoms with van der Waals surface area (Å²) in [6.45, 7) is 2.00. The number of nitrogens with zero attached hydrogens (tertiary/aromatic N) is 3. The fraction of sp³-hybridized carbons (Fsp3) is 0.238. The van der Waals surface area contributed by atoms with Crippen LogP contribution in [0, 0.1) is 10.1 Å². The second kappa shape index (κ2) is 8.06. The summed E-state index contributed by atoms with van der Waals surface area (Å²) in [6.07, 6.45) is 2.90. The van der Waals surface area contributed by atoms with Gasteiger partial charge in [0.2, 0.25) is 0 Å². The monoisotopic (exact) mass is 431 g/mol. The molecule has 0 unspecified atom stereocenters. The molecule has 0 bridgehead atoms. The zero-order valence-corrected chi connectivity index (χ0v) is 17.0. The van der Waals surface area contributed by atoms with E-state index < -0.39 is 4.92 Å². The summed E-state index contributed by atoms with van der Waals surface area (Å²) in [4.78, 5) is 13.1. The number of fused-ring (bicyclic) bond motifs is 1. The van der Waals surface area contributed by atoms with E-state index in [1.165, 1.54) is 6.07 Å². The number of benzene rings is 2.